The first-order valence-corrected chi connectivity index (χ1v) is 8.87. The molecule has 2 atom stereocenters. The number of hydrogen-bond acceptors (Lipinski definition) is 4. The molecule has 1 aromatic carbocycles. The average molecular weight is 318 g/mol. The first-order chi connectivity index (χ1) is 10.3. The number of hydrogen-bond donors (Lipinski definition) is 1. The molecular formula is C16H18N2O3S. The Morgan fingerprint density at radius 1 is 1.27 bits per heavy atom. The van der Waals surface area contributed by atoms with Crippen molar-refractivity contribution >= 4 is 15.9 Å². The third-order valence-corrected chi connectivity index (χ3v) is 7.74. The van der Waals surface area contributed by atoms with Gasteiger partial charge in [0.2, 0.25) is 10.0 Å². The van der Waals surface area contributed by atoms with E-state index in [0.717, 1.165) is 9.87 Å². The number of piperidine rings is 1. The van der Waals surface area contributed by atoms with Crippen molar-refractivity contribution in [2.45, 2.75) is 36.0 Å². The van der Waals surface area contributed by atoms with Crippen molar-refractivity contribution in [3.8, 4) is 0 Å². The van der Waals surface area contributed by atoms with Crippen molar-refractivity contribution in [2.75, 3.05) is 0 Å². The molecule has 2 saturated carbocycles. The minimum absolute atomic E-state index is 0.206. The van der Waals surface area contributed by atoms with Gasteiger partial charge in [0, 0.05) is 11.6 Å². The number of sulfonamides is 1. The summed E-state index contributed by atoms with van der Waals surface area (Å²) in [5.74, 6) is -0.705. The van der Waals surface area contributed by atoms with Gasteiger partial charge in [-0.05, 0) is 31.2 Å². The van der Waals surface area contributed by atoms with Crippen LogP contribution < -0.4 is 5.73 Å². The molecule has 116 valence electrons. The van der Waals surface area contributed by atoms with Gasteiger partial charge in [0.1, 0.15) is 5.54 Å². The summed E-state index contributed by atoms with van der Waals surface area (Å²) >= 11 is 0. The fraction of sp³-hybridized carbons (Fsp3) is 0.438. The number of nitrogens with zero attached hydrogens (tertiary/aromatic N) is 1. The third kappa shape index (κ3) is 1.62. The van der Waals surface area contributed by atoms with Crippen molar-refractivity contribution in [1.29, 1.82) is 0 Å². The lowest BCUT2D eigenvalue weighted by molar-refractivity contribution is -0.125. The summed E-state index contributed by atoms with van der Waals surface area (Å²) in [6, 6.07) is 9.51. The largest absolute Gasteiger partial charge is 0.317 e. The van der Waals surface area contributed by atoms with E-state index in [2.05, 4.69) is 6.58 Å². The molecule has 3 aliphatic rings. The minimum Gasteiger partial charge on any atom is -0.317 e. The maximum Gasteiger partial charge on any atom is 0.261 e. The molecule has 22 heavy (non-hydrogen) atoms. The van der Waals surface area contributed by atoms with Gasteiger partial charge in [0.25, 0.3) is 5.91 Å². The van der Waals surface area contributed by atoms with Crippen molar-refractivity contribution in [3.05, 3.63) is 48.2 Å². The summed E-state index contributed by atoms with van der Waals surface area (Å²) in [6.07, 6.45) is 2.09. The summed E-state index contributed by atoms with van der Waals surface area (Å²) in [7, 11) is -3.76. The highest BCUT2D eigenvalue weighted by atomic mass is 32.2. The zero-order valence-electron chi connectivity index (χ0n) is 12.2. The predicted octanol–water partition coefficient (Wildman–Crippen LogP) is 1.16. The van der Waals surface area contributed by atoms with Gasteiger partial charge in [-0.1, -0.05) is 36.9 Å². The first kappa shape index (κ1) is 14.0. The Bertz CT molecular complexity index is 783. The summed E-state index contributed by atoms with van der Waals surface area (Å²) in [4.78, 5) is 12.4. The van der Waals surface area contributed by atoms with Gasteiger partial charge >= 0.3 is 0 Å². The van der Waals surface area contributed by atoms with Crippen molar-refractivity contribution in [1.82, 2.24) is 4.31 Å². The van der Waals surface area contributed by atoms with Gasteiger partial charge in [0.05, 0.1) is 4.75 Å². The highest BCUT2D eigenvalue weighted by Crippen LogP contribution is 2.58. The molecule has 0 bridgehead atoms. The number of nitrogens with two attached hydrogens (primary N) is 1. The van der Waals surface area contributed by atoms with Crippen LogP contribution >= 0.6 is 0 Å². The Kier molecular flexibility index (Phi) is 2.54. The molecule has 1 aliphatic heterocycles. The molecule has 0 spiro atoms. The zero-order chi connectivity index (χ0) is 15.8. The van der Waals surface area contributed by atoms with E-state index >= 15 is 0 Å². The molecule has 5 nitrogen and oxygen atoms in total. The highest BCUT2D eigenvalue weighted by Gasteiger charge is 2.71. The Morgan fingerprint density at radius 2 is 1.91 bits per heavy atom. The van der Waals surface area contributed by atoms with Gasteiger partial charge in [-0.15, -0.1) is 0 Å². The van der Waals surface area contributed by atoms with Crippen molar-refractivity contribution in [2.24, 2.45) is 11.7 Å². The Labute approximate surface area is 129 Å². The maximum atomic E-state index is 13.0. The Morgan fingerprint density at radius 3 is 2.41 bits per heavy atom. The van der Waals surface area contributed by atoms with E-state index in [0.29, 0.717) is 31.4 Å². The smallest absolute Gasteiger partial charge is 0.261 e. The van der Waals surface area contributed by atoms with Gasteiger partial charge in [-0.25, -0.2) is 12.7 Å². The van der Waals surface area contributed by atoms with Crippen LogP contribution in [0.2, 0.25) is 0 Å². The van der Waals surface area contributed by atoms with E-state index in [1.165, 1.54) is 0 Å². The molecule has 2 aliphatic carbocycles. The third-order valence-electron chi connectivity index (χ3n) is 5.21. The summed E-state index contributed by atoms with van der Waals surface area (Å²) in [5, 5.41) is 0. The van der Waals surface area contributed by atoms with Crippen LogP contribution in [0, 0.1) is 5.92 Å². The molecule has 0 unspecified atom stereocenters. The lowest BCUT2D eigenvalue weighted by Crippen LogP contribution is -2.47. The standard InChI is InChI=1S/C16H18N2O3S/c1-11-13-10-16(13,17)14(19)18(11)22(20,21)15(7-8-15)9-12-5-3-2-4-6-12/h2-6,13H,1,7-10,17H2/t13-,16+/m0/s1. The number of carbonyl (C=O) groups is 1. The highest BCUT2D eigenvalue weighted by molar-refractivity contribution is 7.91. The number of benzene rings is 1. The lowest BCUT2D eigenvalue weighted by Gasteiger charge is -2.26. The fourth-order valence-electron chi connectivity index (χ4n) is 3.48. The molecule has 6 heteroatoms. The first-order valence-electron chi connectivity index (χ1n) is 7.43. The topological polar surface area (TPSA) is 80.5 Å². The summed E-state index contributed by atoms with van der Waals surface area (Å²) < 4.78 is 26.1. The minimum atomic E-state index is -3.76. The molecule has 4 rings (SSSR count). The van der Waals surface area contributed by atoms with Crippen LogP contribution in [-0.2, 0) is 21.2 Å². The van der Waals surface area contributed by atoms with Crippen LogP contribution in [0.4, 0.5) is 0 Å². The molecule has 3 fully saturated rings. The van der Waals surface area contributed by atoms with Gasteiger partial charge in [-0.2, -0.15) is 0 Å². The van der Waals surface area contributed by atoms with Gasteiger partial charge < -0.3 is 5.73 Å². The number of rotatable bonds is 4. The fourth-order valence-corrected chi connectivity index (χ4v) is 5.66. The number of carbonyl (C=O) groups excluding carboxylic acids is 1. The Hall–Kier alpha value is -1.66. The van der Waals surface area contributed by atoms with Crippen LogP contribution in [0.3, 0.4) is 0 Å². The van der Waals surface area contributed by atoms with Crippen LogP contribution in [0.15, 0.2) is 42.6 Å². The number of fused-ring (bicyclic) bond motifs is 1. The molecule has 2 N–H and O–H groups in total. The molecule has 1 aromatic rings. The SMILES string of the molecule is C=C1[C@@H]2C[C@]2(N)C(=O)N1S(=O)(=O)C1(Cc2ccccc2)CC1. The van der Waals surface area contributed by atoms with E-state index in [9.17, 15) is 13.2 Å². The van der Waals surface area contributed by atoms with Crippen molar-refractivity contribution in [3.63, 3.8) is 0 Å². The predicted molar refractivity (Wildman–Crippen MR) is 82.0 cm³/mol. The molecule has 0 aromatic heterocycles. The second-order valence-electron chi connectivity index (χ2n) is 6.71. The summed E-state index contributed by atoms with van der Waals surface area (Å²) in [6.45, 7) is 3.81. The quantitative estimate of drug-likeness (QED) is 0.903. The zero-order valence-corrected chi connectivity index (χ0v) is 13.0. The van der Waals surface area contributed by atoms with Gasteiger partial charge in [-0.3, -0.25) is 4.79 Å². The van der Waals surface area contributed by atoms with E-state index in [1.807, 2.05) is 30.3 Å². The second kappa shape index (κ2) is 4.00. The summed E-state index contributed by atoms with van der Waals surface area (Å²) in [5.41, 5.74) is 6.27. The van der Waals surface area contributed by atoms with Crippen LogP contribution in [0.5, 0.6) is 0 Å². The maximum absolute atomic E-state index is 13.0. The van der Waals surface area contributed by atoms with E-state index < -0.39 is 26.2 Å². The average Bonchev–Trinajstić information content (AvgIpc) is 3.35. The Balaban J connectivity index is 1.67. The van der Waals surface area contributed by atoms with Crippen LogP contribution in [0.1, 0.15) is 24.8 Å². The number of amides is 1. The lowest BCUT2D eigenvalue weighted by atomic mass is 10.1. The molecule has 1 saturated heterocycles. The van der Waals surface area contributed by atoms with E-state index in [-0.39, 0.29) is 5.92 Å². The van der Waals surface area contributed by atoms with Crippen LogP contribution in [-0.4, -0.2) is 28.9 Å². The normalized spacial score (nSPS) is 32.0. The molecule has 1 amide bonds. The van der Waals surface area contributed by atoms with E-state index in [4.69, 9.17) is 5.73 Å². The van der Waals surface area contributed by atoms with E-state index in [1.54, 1.807) is 0 Å². The van der Waals surface area contributed by atoms with Crippen LogP contribution in [0.25, 0.3) is 0 Å². The monoisotopic (exact) mass is 318 g/mol. The molecule has 0 radical (unpaired) electrons. The molecule has 1 heterocycles. The van der Waals surface area contributed by atoms with Gasteiger partial charge in [0.15, 0.2) is 0 Å². The molecular weight excluding hydrogens is 300 g/mol. The van der Waals surface area contributed by atoms with Crippen molar-refractivity contribution < 1.29 is 13.2 Å². The second-order valence-corrected chi connectivity index (χ2v) is 8.89.